The molecule has 0 bridgehead atoms. The summed E-state index contributed by atoms with van der Waals surface area (Å²) in [5.41, 5.74) is 1.25. The zero-order chi connectivity index (χ0) is 18.6. The van der Waals surface area contributed by atoms with Gasteiger partial charge in [0.15, 0.2) is 5.82 Å². The molecule has 0 amide bonds. The van der Waals surface area contributed by atoms with Crippen molar-refractivity contribution in [1.29, 1.82) is 0 Å². The fraction of sp³-hybridized carbons (Fsp3) is 0.235. The highest BCUT2D eigenvalue weighted by Gasteiger charge is 2.14. The normalized spacial score (nSPS) is 10.6. The van der Waals surface area contributed by atoms with Gasteiger partial charge >= 0.3 is 5.97 Å². The molecule has 0 heterocycles. The van der Waals surface area contributed by atoms with Gasteiger partial charge in [0, 0.05) is 17.1 Å². The first kappa shape index (κ1) is 20.0. The summed E-state index contributed by atoms with van der Waals surface area (Å²) in [4.78, 5) is 10.8. The van der Waals surface area contributed by atoms with Crippen LogP contribution in [0.5, 0.6) is 5.75 Å². The van der Waals surface area contributed by atoms with Gasteiger partial charge in [-0.3, -0.25) is 4.79 Å². The van der Waals surface area contributed by atoms with Crippen LogP contribution in [0, 0.1) is 5.82 Å². The molecule has 0 saturated carbocycles. The van der Waals surface area contributed by atoms with Gasteiger partial charge in [0.05, 0.1) is 21.1 Å². The lowest BCUT2D eigenvalue weighted by Gasteiger charge is -2.14. The summed E-state index contributed by atoms with van der Waals surface area (Å²) in [7, 11) is 0. The molecule has 0 aromatic heterocycles. The van der Waals surface area contributed by atoms with E-state index in [0.717, 1.165) is 0 Å². The molecule has 0 spiro atoms. The molecule has 0 unspecified atom stereocenters. The van der Waals surface area contributed by atoms with E-state index in [9.17, 15) is 9.18 Å². The van der Waals surface area contributed by atoms with Gasteiger partial charge in [-0.05, 0) is 68.6 Å². The van der Waals surface area contributed by atoms with Crippen molar-refractivity contribution in [3.8, 4) is 5.75 Å². The van der Waals surface area contributed by atoms with E-state index in [4.69, 9.17) is 21.4 Å². The SMILES string of the molecule is CCNc1cc(Cl)cc(COc2c(Br)cc(CC(=O)O)cc2Br)c1F. The second-order valence-corrected chi connectivity index (χ2v) is 7.35. The highest BCUT2D eigenvalue weighted by molar-refractivity contribution is 9.11. The van der Waals surface area contributed by atoms with Gasteiger partial charge in [-0.2, -0.15) is 0 Å². The first-order valence-electron chi connectivity index (χ1n) is 7.36. The molecular formula is C17H15Br2ClFNO3. The predicted molar refractivity (Wildman–Crippen MR) is 103 cm³/mol. The van der Waals surface area contributed by atoms with Crippen molar-refractivity contribution in [3.05, 3.63) is 55.2 Å². The molecule has 0 radical (unpaired) electrons. The van der Waals surface area contributed by atoms with Gasteiger partial charge in [0.1, 0.15) is 12.4 Å². The first-order chi connectivity index (χ1) is 11.8. The summed E-state index contributed by atoms with van der Waals surface area (Å²) in [6, 6.07) is 6.36. The van der Waals surface area contributed by atoms with Gasteiger partial charge in [0.2, 0.25) is 0 Å². The zero-order valence-electron chi connectivity index (χ0n) is 13.2. The number of ether oxygens (including phenoxy) is 1. The molecule has 0 aliphatic rings. The Hall–Kier alpha value is -1.31. The Morgan fingerprint density at radius 1 is 1.28 bits per heavy atom. The third-order valence-electron chi connectivity index (χ3n) is 3.27. The van der Waals surface area contributed by atoms with Gasteiger partial charge in [0.25, 0.3) is 0 Å². The molecule has 8 heteroatoms. The van der Waals surface area contributed by atoms with Crippen LogP contribution in [0.1, 0.15) is 18.1 Å². The fourth-order valence-electron chi connectivity index (χ4n) is 2.25. The lowest BCUT2D eigenvalue weighted by molar-refractivity contribution is -0.136. The van der Waals surface area contributed by atoms with Crippen LogP contribution >= 0.6 is 43.5 Å². The third-order valence-corrected chi connectivity index (χ3v) is 4.66. The Bertz CT molecular complexity index is 779. The van der Waals surface area contributed by atoms with Crippen molar-refractivity contribution in [2.24, 2.45) is 0 Å². The van der Waals surface area contributed by atoms with E-state index in [1.54, 1.807) is 12.1 Å². The number of hydrogen-bond donors (Lipinski definition) is 2. The van der Waals surface area contributed by atoms with Gasteiger partial charge in [-0.1, -0.05) is 11.6 Å². The van der Waals surface area contributed by atoms with Crippen LogP contribution in [0.3, 0.4) is 0 Å². The number of nitrogens with one attached hydrogen (secondary N) is 1. The minimum atomic E-state index is -0.926. The van der Waals surface area contributed by atoms with Gasteiger partial charge in [-0.25, -0.2) is 4.39 Å². The number of benzene rings is 2. The number of aliphatic carboxylic acids is 1. The van der Waals surface area contributed by atoms with E-state index < -0.39 is 11.8 Å². The third kappa shape index (κ3) is 5.33. The lowest BCUT2D eigenvalue weighted by atomic mass is 10.1. The smallest absolute Gasteiger partial charge is 0.307 e. The Labute approximate surface area is 166 Å². The Morgan fingerprint density at radius 2 is 1.92 bits per heavy atom. The Kier molecular flexibility index (Phi) is 7.10. The molecule has 4 nitrogen and oxygen atoms in total. The van der Waals surface area contributed by atoms with Crippen LogP contribution in [-0.2, 0) is 17.8 Å². The van der Waals surface area contributed by atoms with Crippen LogP contribution < -0.4 is 10.1 Å². The number of carbonyl (C=O) groups is 1. The summed E-state index contributed by atoms with van der Waals surface area (Å²) in [5, 5.41) is 12.2. The number of carboxylic acids is 1. The van der Waals surface area contributed by atoms with Crippen molar-refractivity contribution in [3.63, 3.8) is 0 Å². The van der Waals surface area contributed by atoms with E-state index in [2.05, 4.69) is 37.2 Å². The van der Waals surface area contributed by atoms with E-state index in [1.165, 1.54) is 12.1 Å². The van der Waals surface area contributed by atoms with Crippen molar-refractivity contribution in [2.75, 3.05) is 11.9 Å². The van der Waals surface area contributed by atoms with E-state index in [0.29, 0.717) is 43.1 Å². The summed E-state index contributed by atoms with van der Waals surface area (Å²) >= 11 is 12.7. The highest BCUT2D eigenvalue weighted by atomic mass is 79.9. The maximum Gasteiger partial charge on any atom is 0.307 e. The second kappa shape index (κ2) is 8.87. The lowest BCUT2D eigenvalue weighted by Crippen LogP contribution is -2.06. The molecule has 134 valence electrons. The molecule has 0 aliphatic carbocycles. The summed E-state index contributed by atoms with van der Waals surface area (Å²) in [6.45, 7) is 2.41. The molecule has 25 heavy (non-hydrogen) atoms. The molecule has 2 N–H and O–H groups in total. The largest absolute Gasteiger partial charge is 0.486 e. The van der Waals surface area contributed by atoms with Crippen LogP contribution in [0.2, 0.25) is 5.02 Å². The molecule has 0 fully saturated rings. The minimum Gasteiger partial charge on any atom is -0.486 e. The molecule has 0 saturated heterocycles. The first-order valence-corrected chi connectivity index (χ1v) is 9.32. The standard InChI is InChI=1S/C17H15Br2ClFNO3/c1-2-22-14-7-11(20)6-10(16(14)21)8-25-17-12(18)3-9(4-13(17)19)5-15(23)24/h3-4,6-7,22H,2,5,8H2,1H3,(H,23,24). The number of hydrogen-bond acceptors (Lipinski definition) is 3. The van der Waals surface area contributed by atoms with Crippen LogP contribution in [-0.4, -0.2) is 17.6 Å². The second-order valence-electron chi connectivity index (χ2n) is 5.20. The van der Waals surface area contributed by atoms with Crippen LogP contribution in [0.4, 0.5) is 10.1 Å². The minimum absolute atomic E-state index is 0.0275. The van der Waals surface area contributed by atoms with Crippen LogP contribution in [0.15, 0.2) is 33.2 Å². The van der Waals surface area contributed by atoms with E-state index >= 15 is 0 Å². The topological polar surface area (TPSA) is 58.6 Å². The molecule has 0 atom stereocenters. The molecular weight excluding hydrogens is 480 g/mol. The monoisotopic (exact) mass is 493 g/mol. The Balaban J connectivity index is 2.23. The fourth-order valence-corrected chi connectivity index (χ4v) is 4.00. The summed E-state index contributed by atoms with van der Waals surface area (Å²) in [5.74, 6) is -0.885. The van der Waals surface area contributed by atoms with Crippen molar-refractivity contribution < 1.29 is 19.0 Å². The number of halogens is 4. The van der Waals surface area contributed by atoms with Gasteiger partial charge < -0.3 is 15.2 Å². The Morgan fingerprint density at radius 3 is 2.48 bits per heavy atom. The highest BCUT2D eigenvalue weighted by Crippen LogP contribution is 2.36. The average molecular weight is 496 g/mol. The van der Waals surface area contributed by atoms with E-state index in [1.807, 2.05) is 6.92 Å². The quantitative estimate of drug-likeness (QED) is 0.522. The van der Waals surface area contributed by atoms with Crippen LogP contribution in [0.25, 0.3) is 0 Å². The van der Waals surface area contributed by atoms with Crippen molar-refractivity contribution in [2.45, 2.75) is 20.0 Å². The van der Waals surface area contributed by atoms with Crippen molar-refractivity contribution in [1.82, 2.24) is 0 Å². The molecule has 2 rings (SSSR count). The molecule has 2 aromatic rings. The van der Waals surface area contributed by atoms with Crippen molar-refractivity contribution >= 4 is 55.1 Å². The van der Waals surface area contributed by atoms with Gasteiger partial charge in [-0.15, -0.1) is 0 Å². The molecule has 0 aliphatic heterocycles. The predicted octanol–water partition coefficient (Wildman–Crippen LogP) is 5.64. The maximum atomic E-state index is 14.5. The summed E-state index contributed by atoms with van der Waals surface area (Å²) in [6.07, 6.45) is -0.105. The maximum absolute atomic E-state index is 14.5. The number of anilines is 1. The van der Waals surface area contributed by atoms with E-state index in [-0.39, 0.29) is 13.0 Å². The number of rotatable bonds is 7. The zero-order valence-corrected chi connectivity index (χ0v) is 17.1. The number of carboxylic acid groups (broad SMARTS) is 1. The average Bonchev–Trinajstić information content (AvgIpc) is 2.50. The summed E-state index contributed by atoms with van der Waals surface area (Å²) < 4.78 is 21.3. The molecule has 2 aromatic carbocycles.